The quantitative estimate of drug-likeness (QED) is 0.821. The average Bonchev–Trinajstić information content (AvgIpc) is 2.40. The lowest BCUT2D eigenvalue weighted by Crippen LogP contribution is -2.35. The van der Waals surface area contributed by atoms with E-state index >= 15 is 0 Å². The second-order valence-electron chi connectivity index (χ2n) is 3.86. The van der Waals surface area contributed by atoms with Crippen molar-refractivity contribution in [2.75, 3.05) is 19.0 Å². The number of esters is 1. The second kappa shape index (κ2) is 7.35. The molecule has 0 fully saturated rings. The average molecular weight is 350 g/mol. The number of halogens is 2. The minimum atomic E-state index is -0.418. The fraction of sp³-hybridized carbons (Fsp3) is 0.333. The lowest BCUT2D eigenvalue weighted by Gasteiger charge is -2.12. The molecule has 2 N–H and O–H groups in total. The van der Waals surface area contributed by atoms with Crippen molar-refractivity contribution >= 4 is 45.2 Å². The molecular formula is C12H14BrClN2O3. The Morgan fingerprint density at radius 1 is 1.47 bits per heavy atom. The van der Waals surface area contributed by atoms with Gasteiger partial charge in [-0.1, -0.05) is 24.6 Å². The van der Waals surface area contributed by atoms with Crippen molar-refractivity contribution < 1.29 is 14.3 Å². The molecule has 0 heterocycles. The van der Waals surface area contributed by atoms with Crippen molar-refractivity contribution in [3.8, 4) is 0 Å². The SMILES string of the molecule is COC(=O)C(C)CNC(=O)Nc1cccc(Cl)c1Br. The zero-order chi connectivity index (χ0) is 14.4. The van der Waals surface area contributed by atoms with E-state index < -0.39 is 11.9 Å². The maximum Gasteiger partial charge on any atom is 0.319 e. The summed E-state index contributed by atoms with van der Waals surface area (Å²) in [7, 11) is 1.31. The first kappa shape index (κ1) is 15.8. The Labute approximate surface area is 124 Å². The molecule has 19 heavy (non-hydrogen) atoms. The Morgan fingerprint density at radius 2 is 2.16 bits per heavy atom. The van der Waals surface area contributed by atoms with E-state index in [0.29, 0.717) is 15.2 Å². The van der Waals surface area contributed by atoms with Gasteiger partial charge in [0.25, 0.3) is 0 Å². The first-order valence-corrected chi connectivity index (χ1v) is 6.69. The van der Waals surface area contributed by atoms with Crippen LogP contribution in [0.3, 0.4) is 0 Å². The van der Waals surface area contributed by atoms with Crippen LogP contribution in [0.25, 0.3) is 0 Å². The van der Waals surface area contributed by atoms with Crippen LogP contribution in [0.4, 0.5) is 10.5 Å². The molecule has 0 saturated carbocycles. The molecule has 0 aliphatic rings. The van der Waals surface area contributed by atoms with Crippen molar-refractivity contribution in [2.24, 2.45) is 5.92 Å². The minimum Gasteiger partial charge on any atom is -0.469 e. The van der Waals surface area contributed by atoms with Crippen LogP contribution >= 0.6 is 27.5 Å². The summed E-state index contributed by atoms with van der Waals surface area (Å²) in [4.78, 5) is 22.8. The minimum absolute atomic E-state index is 0.191. The smallest absolute Gasteiger partial charge is 0.319 e. The fourth-order valence-electron chi connectivity index (χ4n) is 1.30. The molecular weight excluding hydrogens is 336 g/mol. The number of carbonyl (C=O) groups excluding carboxylic acids is 2. The number of amides is 2. The van der Waals surface area contributed by atoms with E-state index in [-0.39, 0.29) is 12.5 Å². The fourth-order valence-corrected chi connectivity index (χ4v) is 1.84. The highest BCUT2D eigenvalue weighted by Gasteiger charge is 2.14. The maximum absolute atomic E-state index is 11.7. The van der Waals surface area contributed by atoms with Gasteiger partial charge in [-0.15, -0.1) is 0 Å². The van der Waals surface area contributed by atoms with Gasteiger partial charge in [0.1, 0.15) is 0 Å². The molecule has 1 rings (SSSR count). The third-order valence-electron chi connectivity index (χ3n) is 2.37. The molecule has 2 amide bonds. The topological polar surface area (TPSA) is 67.4 Å². The van der Waals surface area contributed by atoms with E-state index in [4.69, 9.17) is 11.6 Å². The summed E-state index contributed by atoms with van der Waals surface area (Å²) in [5, 5.41) is 5.71. The van der Waals surface area contributed by atoms with Gasteiger partial charge in [0.15, 0.2) is 0 Å². The van der Waals surface area contributed by atoms with Gasteiger partial charge in [-0.2, -0.15) is 0 Å². The number of anilines is 1. The molecule has 0 aliphatic heterocycles. The predicted molar refractivity (Wildman–Crippen MR) is 77.4 cm³/mol. The van der Waals surface area contributed by atoms with Crippen molar-refractivity contribution in [2.45, 2.75) is 6.92 Å². The van der Waals surface area contributed by atoms with Crippen molar-refractivity contribution in [1.29, 1.82) is 0 Å². The van der Waals surface area contributed by atoms with Gasteiger partial charge in [0, 0.05) is 6.54 Å². The number of rotatable bonds is 4. The van der Waals surface area contributed by atoms with Crippen LogP contribution in [0.1, 0.15) is 6.92 Å². The highest BCUT2D eigenvalue weighted by molar-refractivity contribution is 9.10. The molecule has 104 valence electrons. The van der Waals surface area contributed by atoms with Crippen LogP contribution in [0, 0.1) is 5.92 Å². The van der Waals surface area contributed by atoms with Gasteiger partial charge >= 0.3 is 12.0 Å². The van der Waals surface area contributed by atoms with Crippen molar-refractivity contribution in [3.63, 3.8) is 0 Å². The van der Waals surface area contributed by atoms with Crippen LogP contribution in [0.15, 0.2) is 22.7 Å². The number of carbonyl (C=O) groups is 2. The van der Waals surface area contributed by atoms with Crippen LogP contribution in [0.2, 0.25) is 5.02 Å². The second-order valence-corrected chi connectivity index (χ2v) is 5.06. The van der Waals surface area contributed by atoms with Gasteiger partial charge in [-0.3, -0.25) is 4.79 Å². The number of methoxy groups -OCH3 is 1. The highest BCUT2D eigenvalue weighted by atomic mass is 79.9. The lowest BCUT2D eigenvalue weighted by molar-refractivity contribution is -0.144. The summed E-state index contributed by atoms with van der Waals surface area (Å²) in [5.41, 5.74) is 0.552. The van der Waals surface area contributed by atoms with E-state index in [0.717, 1.165) is 0 Å². The molecule has 7 heteroatoms. The summed E-state index contributed by atoms with van der Waals surface area (Å²) < 4.78 is 5.17. The highest BCUT2D eigenvalue weighted by Crippen LogP contribution is 2.29. The van der Waals surface area contributed by atoms with Gasteiger partial charge in [-0.05, 0) is 28.1 Å². The molecule has 0 bridgehead atoms. The largest absolute Gasteiger partial charge is 0.469 e. The Bertz CT molecular complexity index is 482. The normalized spacial score (nSPS) is 11.6. The molecule has 1 aromatic carbocycles. The molecule has 0 radical (unpaired) electrons. The van der Waals surface area contributed by atoms with E-state index in [9.17, 15) is 9.59 Å². The van der Waals surface area contributed by atoms with Crippen LogP contribution < -0.4 is 10.6 Å². The summed E-state index contributed by atoms with van der Waals surface area (Å²) in [5.74, 6) is -0.775. The number of urea groups is 1. The first-order chi connectivity index (χ1) is 8.95. The van der Waals surface area contributed by atoms with Crippen LogP contribution in [-0.2, 0) is 9.53 Å². The van der Waals surface area contributed by atoms with Gasteiger partial charge in [0.05, 0.1) is 28.2 Å². The lowest BCUT2D eigenvalue weighted by atomic mass is 10.2. The van der Waals surface area contributed by atoms with Crippen LogP contribution in [-0.4, -0.2) is 25.7 Å². The van der Waals surface area contributed by atoms with Gasteiger partial charge in [-0.25, -0.2) is 4.79 Å². The molecule has 0 saturated heterocycles. The number of benzene rings is 1. The predicted octanol–water partition coefficient (Wildman–Crippen LogP) is 3.03. The van der Waals surface area contributed by atoms with Gasteiger partial charge in [0.2, 0.25) is 0 Å². The van der Waals surface area contributed by atoms with E-state index in [2.05, 4.69) is 31.3 Å². The Morgan fingerprint density at radius 3 is 2.79 bits per heavy atom. The number of nitrogens with one attached hydrogen (secondary N) is 2. The Hall–Kier alpha value is -1.27. The summed E-state index contributed by atoms with van der Waals surface area (Å²) in [6, 6.07) is 4.71. The molecule has 0 spiro atoms. The molecule has 1 unspecified atom stereocenters. The summed E-state index contributed by atoms with van der Waals surface area (Å²) in [6.07, 6.45) is 0. The third kappa shape index (κ3) is 4.72. The zero-order valence-corrected chi connectivity index (χ0v) is 12.8. The standard InChI is InChI=1S/C12H14BrClN2O3/c1-7(11(17)19-2)6-15-12(18)16-9-5-3-4-8(14)10(9)13/h3-5,7H,6H2,1-2H3,(H2,15,16,18). The van der Waals surface area contributed by atoms with Crippen LogP contribution in [0.5, 0.6) is 0 Å². The van der Waals surface area contributed by atoms with E-state index in [1.165, 1.54) is 7.11 Å². The molecule has 0 aliphatic carbocycles. The molecule has 0 aromatic heterocycles. The Kier molecular flexibility index (Phi) is 6.11. The van der Waals surface area contributed by atoms with E-state index in [1.807, 2.05) is 0 Å². The number of hydrogen-bond acceptors (Lipinski definition) is 3. The van der Waals surface area contributed by atoms with Gasteiger partial charge < -0.3 is 15.4 Å². The summed E-state index contributed by atoms with van der Waals surface area (Å²) >= 11 is 9.18. The van der Waals surface area contributed by atoms with Crippen molar-refractivity contribution in [3.05, 3.63) is 27.7 Å². The summed E-state index contributed by atoms with van der Waals surface area (Å²) in [6.45, 7) is 1.86. The zero-order valence-electron chi connectivity index (χ0n) is 10.5. The number of hydrogen-bond donors (Lipinski definition) is 2. The number of ether oxygens (including phenoxy) is 1. The molecule has 5 nitrogen and oxygen atoms in total. The third-order valence-corrected chi connectivity index (χ3v) is 3.77. The monoisotopic (exact) mass is 348 g/mol. The molecule has 1 aromatic rings. The Balaban J connectivity index is 2.52. The molecule has 1 atom stereocenters. The maximum atomic E-state index is 11.7. The van der Waals surface area contributed by atoms with E-state index in [1.54, 1.807) is 25.1 Å². The van der Waals surface area contributed by atoms with Crippen molar-refractivity contribution in [1.82, 2.24) is 5.32 Å². The first-order valence-electron chi connectivity index (χ1n) is 5.52.